The van der Waals surface area contributed by atoms with Gasteiger partial charge in [0.2, 0.25) is 0 Å². The fourth-order valence-electron chi connectivity index (χ4n) is 1.42. The van der Waals surface area contributed by atoms with Crippen molar-refractivity contribution in [2.24, 2.45) is 7.05 Å². The Morgan fingerprint density at radius 1 is 1.53 bits per heavy atom. The van der Waals surface area contributed by atoms with E-state index >= 15 is 0 Å². The van der Waals surface area contributed by atoms with E-state index in [1.165, 1.54) is 0 Å². The van der Waals surface area contributed by atoms with Crippen LogP contribution in [0.2, 0.25) is 5.15 Å². The van der Waals surface area contributed by atoms with Crippen LogP contribution in [0.1, 0.15) is 24.6 Å². The molecule has 0 saturated carbocycles. The van der Waals surface area contributed by atoms with Gasteiger partial charge in [0, 0.05) is 31.1 Å². The summed E-state index contributed by atoms with van der Waals surface area (Å²) in [4.78, 5) is 0. The molecule has 1 atom stereocenters. The van der Waals surface area contributed by atoms with Crippen molar-refractivity contribution in [2.45, 2.75) is 32.9 Å². The summed E-state index contributed by atoms with van der Waals surface area (Å²) in [6.07, 6.45) is 0.957. The molecule has 1 aromatic heterocycles. The number of rotatable bonds is 5. The van der Waals surface area contributed by atoms with Gasteiger partial charge in [-0.25, -0.2) is 0 Å². The second kappa shape index (κ2) is 5.73. The van der Waals surface area contributed by atoms with Crippen molar-refractivity contribution >= 4 is 23.2 Å². The Morgan fingerprint density at radius 2 is 2.20 bits per heavy atom. The minimum Gasteiger partial charge on any atom is -0.310 e. The van der Waals surface area contributed by atoms with Crippen LogP contribution in [-0.4, -0.2) is 21.7 Å². The van der Waals surface area contributed by atoms with E-state index in [0.717, 1.165) is 24.2 Å². The molecule has 0 saturated heterocycles. The van der Waals surface area contributed by atoms with E-state index < -0.39 is 0 Å². The maximum atomic E-state index is 6.11. The average molecular weight is 250 g/mol. The summed E-state index contributed by atoms with van der Waals surface area (Å²) < 4.78 is 1.69. The Kier molecular flexibility index (Phi) is 4.90. The van der Waals surface area contributed by atoms with Crippen molar-refractivity contribution in [2.75, 3.05) is 5.88 Å². The third-order valence-corrected chi connectivity index (χ3v) is 3.13. The van der Waals surface area contributed by atoms with E-state index in [1.54, 1.807) is 4.68 Å². The Hall–Kier alpha value is -0.250. The van der Waals surface area contributed by atoms with Gasteiger partial charge in [-0.15, -0.1) is 11.6 Å². The lowest BCUT2D eigenvalue weighted by molar-refractivity contribution is 0.535. The number of aromatic nitrogens is 2. The van der Waals surface area contributed by atoms with Gasteiger partial charge in [-0.1, -0.05) is 11.6 Å². The first-order chi connectivity index (χ1) is 7.06. The lowest BCUT2D eigenvalue weighted by atomic mass is 10.2. The molecule has 1 unspecified atom stereocenters. The van der Waals surface area contributed by atoms with E-state index in [-0.39, 0.29) is 0 Å². The fraction of sp³-hybridized carbons (Fsp3) is 0.700. The normalized spacial score (nSPS) is 13.1. The third kappa shape index (κ3) is 3.37. The van der Waals surface area contributed by atoms with Crippen LogP contribution in [0.4, 0.5) is 0 Å². The first-order valence-electron chi connectivity index (χ1n) is 5.03. The van der Waals surface area contributed by atoms with Crippen LogP contribution in [0.15, 0.2) is 0 Å². The molecule has 0 aromatic carbocycles. The summed E-state index contributed by atoms with van der Waals surface area (Å²) in [5.74, 6) is 0.675. The molecular weight excluding hydrogens is 233 g/mol. The molecule has 1 N–H and O–H groups in total. The SMILES string of the molecule is Cc1nn(C)c(Cl)c1CNC(C)CCCl. The van der Waals surface area contributed by atoms with E-state index in [4.69, 9.17) is 23.2 Å². The summed E-state index contributed by atoms with van der Waals surface area (Å²) in [6.45, 7) is 4.83. The van der Waals surface area contributed by atoms with Crippen LogP contribution in [0, 0.1) is 6.92 Å². The van der Waals surface area contributed by atoms with Gasteiger partial charge in [-0.05, 0) is 20.3 Å². The molecule has 0 bridgehead atoms. The standard InChI is InChI=1S/C10H17Cl2N3/c1-7(4-5-11)13-6-9-8(2)14-15(3)10(9)12/h7,13H,4-6H2,1-3H3. The molecule has 1 aromatic rings. The van der Waals surface area contributed by atoms with Crippen LogP contribution >= 0.6 is 23.2 Å². The van der Waals surface area contributed by atoms with Gasteiger partial charge in [-0.2, -0.15) is 5.10 Å². The quantitative estimate of drug-likeness (QED) is 0.813. The Morgan fingerprint density at radius 3 is 2.67 bits per heavy atom. The molecule has 0 aliphatic rings. The predicted octanol–water partition coefficient (Wildman–Crippen LogP) is 2.49. The maximum Gasteiger partial charge on any atom is 0.131 e. The van der Waals surface area contributed by atoms with Crippen LogP contribution in [0.25, 0.3) is 0 Å². The van der Waals surface area contributed by atoms with Gasteiger partial charge in [0.15, 0.2) is 0 Å². The number of hydrogen-bond donors (Lipinski definition) is 1. The number of aryl methyl sites for hydroxylation is 2. The van der Waals surface area contributed by atoms with Crippen molar-refractivity contribution in [3.8, 4) is 0 Å². The lowest BCUT2D eigenvalue weighted by Gasteiger charge is -2.11. The lowest BCUT2D eigenvalue weighted by Crippen LogP contribution is -2.26. The summed E-state index contributed by atoms with van der Waals surface area (Å²) in [7, 11) is 1.85. The highest BCUT2D eigenvalue weighted by atomic mass is 35.5. The van der Waals surface area contributed by atoms with Crippen LogP contribution in [-0.2, 0) is 13.6 Å². The minimum atomic E-state index is 0.401. The van der Waals surface area contributed by atoms with Gasteiger partial charge in [-0.3, -0.25) is 4.68 Å². The Bertz CT molecular complexity index is 323. The molecule has 0 radical (unpaired) electrons. The molecule has 0 spiro atoms. The number of nitrogens with zero attached hydrogens (tertiary/aromatic N) is 2. The summed E-state index contributed by atoms with van der Waals surface area (Å²) in [5, 5.41) is 8.33. The van der Waals surface area contributed by atoms with Crippen molar-refractivity contribution < 1.29 is 0 Å². The minimum absolute atomic E-state index is 0.401. The first kappa shape index (κ1) is 12.8. The topological polar surface area (TPSA) is 29.9 Å². The van der Waals surface area contributed by atoms with Crippen LogP contribution in [0.3, 0.4) is 0 Å². The number of alkyl halides is 1. The number of nitrogens with one attached hydrogen (secondary N) is 1. The van der Waals surface area contributed by atoms with Gasteiger partial charge in [0.25, 0.3) is 0 Å². The van der Waals surface area contributed by atoms with E-state index in [1.807, 2.05) is 14.0 Å². The Balaban J connectivity index is 2.57. The van der Waals surface area contributed by atoms with Gasteiger partial charge in [0.1, 0.15) is 5.15 Å². The van der Waals surface area contributed by atoms with E-state index in [9.17, 15) is 0 Å². The van der Waals surface area contributed by atoms with Crippen molar-refractivity contribution in [3.63, 3.8) is 0 Å². The molecule has 0 amide bonds. The molecule has 3 nitrogen and oxygen atoms in total. The summed E-state index contributed by atoms with van der Waals surface area (Å²) in [6, 6.07) is 0.401. The predicted molar refractivity (Wildman–Crippen MR) is 64.6 cm³/mol. The molecule has 0 aliphatic carbocycles. The van der Waals surface area contributed by atoms with Crippen LogP contribution < -0.4 is 5.32 Å². The van der Waals surface area contributed by atoms with Crippen molar-refractivity contribution in [1.82, 2.24) is 15.1 Å². The molecule has 1 rings (SSSR count). The highest BCUT2D eigenvalue weighted by Gasteiger charge is 2.11. The number of halogens is 2. The molecule has 1 heterocycles. The van der Waals surface area contributed by atoms with Crippen LogP contribution in [0.5, 0.6) is 0 Å². The zero-order chi connectivity index (χ0) is 11.4. The molecular formula is C10H17Cl2N3. The van der Waals surface area contributed by atoms with Crippen molar-refractivity contribution in [1.29, 1.82) is 0 Å². The number of hydrogen-bond acceptors (Lipinski definition) is 2. The van der Waals surface area contributed by atoms with Gasteiger partial charge < -0.3 is 5.32 Å². The average Bonchev–Trinajstić information content (AvgIpc) is 2.40. The molecule has 5 heteroatoms. The second-order valence-electron chi connectivity index (χ2n) is 3.74. The van der Waals surface area contributed by atoms with E-state index in [2.05, 4.69) is 17.3 Å². The fourth-order valence-corrected chi connectivity index (χ4v) is 1.99. The second-order valence-corrected chi connectivity index (χ2v) is 4.47. The molecule has 0 fully saturated rings. The zero-order valence-electron chi connectivity index (χ0n) is 9.35. The summed E-state index contributed by atoms with van der Waals surface area (Å²) in [5.41, 5.74) is 2.05. The largest absolute Gasteiger partial charge is 0.310 e. The first-order valence-corrected chi connectivity index (χ1v) is 5.94. The summed E-state index contributed by atoms with van der Waals surface area (Å²) >= 11 is 11.8. The zero-order valence-corrected chi connectivity index (χ0v) is 10.9. The third-order valence-electron chi connectivity index (χ3n) is 2.44. The molecule has 0 aliphatic heterocycles. The highest BCUT2D eigenvalue weighted by molar-refractivity contribution is 6.30. The van der Waals surface area contributed by atoms with Crippen molar-refractivity contribution in [3.05, 3.63) is 16.4 Å². The van der Waals surface area contributed by atoms with E-state index in [0.29, 0.717) is 17.1 Å². The Labute approximate surface area is 101 Å². The monoisotopic (exact) mass is 249 g/mol. The molecule has 15 heavy (non-hydrogen) atoms. The van der Waals surface area contributed by atoms with Gasteiger partial charge in [0.05, 0.1) is 5.69 Å². The van der Waals surface area contributed by atoms with Gasteiger partial charge >= 0.3 is 0 Å². The maximum absolute atomic E-state index is 6.11. The highest BCUT2D eigenvalue weighted by Crippen LogP contribution is 2.18. The smallest absolute Gasteiger partial charge is 0.131 e. The molecule has 86 valence electrons.